The van der Waals surface area contributed by atoms with Gasteiger partial charge < -0.3 is 14.5 Å². The Labute approximate surface area is 156 Å². The first-order chi connectivity index (χ1) is 12.6. The van der Waals surface area contributed by atoms with E-state index in [1.807, 2.05) is 24.6 Å². The molecule has 3 aromatic rings. The third-order valence-electron chi connectivity index (χ3n) is 3.92. The molecule has 0 aliphatic rings. The molecule has 0 bridgehead atoms. The number of aromatic nitrogens is 2. The molecule has 0 fully saturated rings. The van der Waals surface area contributed by atoms with Crippen molar-refractivity contribution < 1.29 is 13.9 Å². The number of aryl methyl sites for hydroxylation is 1. The second-order valence-electron chi connectivity index (χ2n) is 5.78. The smallest absolute Gasteiger partial charge is 0.287 e. The van der Waals surface area contributed by atoms with Gasteiger partial charge in [0, 0.05) is 17.8 Å². The molecule has 0 radical (unpaired) electrons. The topological polar surface area (TPSA) is 69.3 Å². The van der Waals surface area contributed by atoms with Crippen LogP contribution in [0.5, 0.6) is 5.75 Å². The summed E-state index contributed by atoms with van der Waals surface area (Å²) in [5.41, 5.74) is 0.943. The molecule has 1 atom stereocenters. The number of nitrogens with one attached hydrogen (secondary N) is 1. The number of nitrogens with zero attached hydrogens (tertiary/aromatic N) is 2. The molecule has 3 rings (SSSR count). The van der Waals surface area contributed by atoms with Crippen molar-refractivity contribution in [1.29, 1.82) is 0 Å². The molecule has 0 saturated heterocycles. The summed E-state index contributed by atoms with van der Waals surface area (Å²) in [5.74, 6) is 1.21. The quantitative estimate of drug-likeness (QED) is 0.673. The lowest BCUT2D eigenvalue weighted by atomic mass is 10.2. The van der Waals surface area contributed by atoms with Crippen molar-refractivity contribution in [3.8, 4) is 5.75 Å². The molecule has 2 aromatic heterocycles. The van der Waals surface area contributed by atoms with Crippen molar-refractivity contribution >= 4 is 17.5 Å². The summed E-state index contributed by atoms with van der Waals surface area (Å²) in [6.45, 7) is 4.89. The fourth-order valence-electron chi connectivity index (χ4n) is 2.58. The predicted molar refractivity (Wildman–Crippen MR) is 98.3 cm³/mol. The first-order valence-corrected chi connectivity index (χ1v) is 8.74. The molecule has 1 amide bonds. The monoisotopic (exact) mass is 373 g/mol. The average Bonchev–Trinajstić information content (AvgIpc) is 3.30. The van der Waals surface area contributed by atoms with Crippen LogP contribution in [0.2, 0.25) is 5.02 Å². The van der Waals surface area contributed by atoms with Crippen molar-refractivity contribution in [1.82, 2.24) is 15.1 Å². The molecular formula is C19H20ClN3O3. The molecule has 1 aromatic carbocycles. The highest BCUT2D eigenvalue weighted by Crippen LogP contribution is 2.18. The van der Waals surface area contributed by atoms with Gasteiger partial charge in [-0.1, -0.05) is 11.6 Å². The maximum Gasteiger partial charge on any atom is 0.287 e. The minimum Gasteiger partial charge on any atom is -0.486 e. The number of halogens is 1. The Kier molecular flexibility index (Phi) is 5.63. The Hall–Kier alpha value is -2.73. The summed E-state index contributed by atoms with van der Waals surface area (Å²) >= 11 is 5.84. The Morgan fingerprint density at radius 1 is 1.27 bits per heavy atom. The number of amides is 1. The molecule has 1 unspecified atom stereocenters. The summed E-state index contributed by atoms with van der Waals surface area (Å²) in [7, 11) is 0. The van der Waals surface area contributed by atoms with Gasteiger partial charge in [-0.2, -0.15) is 5.10 Å². The number of hydrogen-bond donors (Lipinski definition) is 1. The standard InChI is InChI=1S/C19H20ClN3O3/c1-3-23-17(10-11-21-23)13(2)22-19(24)18-9-8-16(26-18)12-25-15-6-4-14(20)5-7-15/h4-11,13H,3,12H2,1-2H3,(H,22,24). The minimum absolute atomic E-state index is 0.177. The van der Waals surface area contributed by atoms with Crippen LogP contribution in [0, 0.1) is 0 Å². The molecule has 26 heavy (non-hydrogen) atoms. The normalized spacial score (nSPS) is 12.0. The fraction of sp³-hybridized carbons (Fsp3) is 0.263. The number of ether oxygens (including phenoxy) is 1. The van der Waals surface area contributed by atoms with E-state index in [0.29, 0.717) is 16.5 Å². The lowest BCUT2D eigenvalue weighted by Gasteiger charge is -2.14. The van der Waals surface area contributed by atoms with Crippen molar-refractivity contribution in [3.63, 3.8) is 0 Å². The summed E-state index contributed by atoms with van der Waals surface area (Å²) in [4.78, 5) is 12.4. The number of hydrogen-bond acceptors (Lipinski definition) is 4. The van der Waals surface area contributed by atoms with Crippen molar-refractivity contribution in [2.75, 3.05) is 0 Å². The number of benzene rings is 1. The third-order valence-corrected chi connectivity index (χ3v) is 4.17. The summed E-state index contributed by atoms with van der Waals surface area (Å²) in [6, 6.07) is 12.1. The van der Waals surface area contributed by atoms with E-state index in [1.54, 1.807) is 42.6 Å². The Morgan fingerprint density at radius 2 is 2.04 bits per heavy atom. The van der Waals surface area contributed by atoms with Crippen LogP contribution in [0.15, 0.2) is 53.1 Å². The van der Waals surface area contributed by atoms with Gasteiger partial charge in [0.1, 0.15) is 18.1 Å². The largest absolute Gasteiger partial charge is 0.486 e. The van der Waals surface area contributed by atoms with E-state index in [9.17, 15) is 4.79 Å². The molecular weight excluding hydrogens is 354 g/mol. The van der Waals surface area contributed by atoms with Gasteiger partial charge in [-0.05, 0) is 56.3 Å². The SMILES string of the molecule is CCn1nccc1C(C)NC(=O)c1ccc(COc2ccc(Cl)cc2)o1. The molecule has 2 heterocycles. The first-order valence-electron chi connectivity index (χ1n) is 8.36. The average molecular weight is 374 g/mol. The molecule has 0 aliphatic heterocycles. The van der Waals surface area contributed by atoms with Gasteiger partial charge in [0.15, 0.2) is 5.76 Å². The van der Waals surface area contributed by atoms with Crippen LogP contribution in [-0.2, 0) is 13.2 Å². The van der Waals surface area contributed by atoms with Crippen LogP contribution >= 0.6 is 11.6 Å². The van der Waals surface area contributed by atoms with E-state index in [2.05, 4.69) is 10.4 Å². The summed E-state index contributed by atoms with van der Waals surface area (Å²) < 4.78 is 13.0. The number of furan rings is 1. The van der Waals surface area contributed by atoms with Gasteiger partial charge in [0.05, 0.1) is 11.7 Å². The maximum absolute atomic E-state index is 12.4. The minimum atomic E-state index is -0.279. The predicted octanol–water partition coefficient (Wildman–Crippen LogP) is 4.22. The highest BCUT2D eigenvalue weighted by Gasteiger charge is 2.17. The molecule has 7 heteroatoms. The zero-order valence-electron chi connectivity index (χ0n) is 14.6. The highest BCUT2D eigenvalue weighted by molar-refractivity contribution is 6.30. The summed E-state index contributed by atoms with van der Waals surface area (Å²) in [5, 5.41) is 7.78. The molecule has 0 spiro atoms. The molecule has 0 aliphatic carbocycles. The van der Waals surface area contributed by atoms with Gasteiger partial charge in [-0.3, -0.25) is 9.48 Å². The fourth-order valence-corrected chi connectivity index (χ4v) is 2.71. The lowest BCUT2D eigenvalue weighted by molar-refractivity contribution is 0.0906. The van der Waals surface area contributed by atoms with Crippen molar-refractivity contribution in [2.24, 2.45) is 0 Å². The van der Waals surface area contributed by atoms with Gasteiger partial charge in [0.25, 0.3) is 5.91 Å². The third kappa shape index (κ3) is 4.26. The Bertz CT molecular complexity index is 870. The summed E-state index contributed by atoms with van der Waals surface area (Å²) in [6.07, 6.45) is 1.72. The van der Waals surface area contributed by atoms with Gasteiger partial charge in [0.2, 0.25) is 0 Å². The van der Waals surface area contributed by atoms with E-state index in [4.69, 9.17) is 20.8 Å². The van der Waals surface area contributed by atoms with Crippen LogP contribution in [0.1, 0.15) is 41.9 Å². The molecule has 6 nitrogen and oxygen atoms in total. The lowest BCUT2D eigenvalue weighted by Crippen LogP contribution is -2.28. The van der Waals surface area contributed by atoms with Gasteiger partial charge in [-0.15, -0.1) is 0 Å². The molecule has 0 saturated carbocycles. The van der Waals surface area contributed by atoms with E-state index in [0.717, 1.165) is 12.2 Å². The van der Waals surface area contributed by atoms with Crippen LogP contribution < -0.4 is 10.1 Å². The van der Waals surface area contributed by atoms with Crippen LogP contribution in [0.4, 0.5) is 0 Å². The second-order valence-corrected chi connectivity index (χ2v) is 6.21. The molecule has 136 valence electrons. The van der Waals surface area contributed by atoms with Gasteiger partial charge >= 0.3 is 0 Å². The van der Waals surface area contributed by atoms with Crippen LogP contribution in [0.25, 0.3) is 0 Å². The zero-order valence-corrected chi connectivity index (χ0v) is 15.4. The van der Waals surface area contributed by atoms with Crippen LogP contribution in [-0.4, -0.2) is 15.7 Å². The van der Waals surface area contributed by atoms with Crippen molar-refractivity contribution in [3.05, 3.63) is 70.9 Å². The zero-order chi connectivity index (χ0) is 18.5. The number of rotatable bonds is 7. The van der Waals surface area contributed by atoms with Crippen LogP contribution in [0.3, 0.4) is 0 Å². The number of carbonyl (C=O) groups is 1. The second kappa shape index (κ2) is 8.10. The van der Waals surface area contributed by atoms with E-state index < -0.39 is 0 Å². The van der Waals surface area contributed by atoms with Crippen molar-refractivity contribution in [2.45, 2.75) is 33.0 Å². The van der Waals surface area contributed by atoms with E-state index in [1.165, 1.54) is 0 Å². The number of carbonyl (C=O) groups excluding carboxylic acids is 1. The van der Waals surface area contributed by atoms with E-state index in [-0.39, 0.29) is 24.3 Å². The Balaban J connectivity index is 1.58. The van der Waals surface area contributed by atoms with E-state index >= 15 is 0 Å². The highest BCUT2D eigenvalue weighted by atomic mass is 35.5. The van der Waals surface area contributed by atoms with Gasteiger partial charge in [-0.25, -0.2) is 0 Å². The Morgan fingerprint density at radius 3 is 2.77 bits per heavy atom. The maximum atomic E-state index is 12.4. The first kappa shape index (κ1) is 18.1. The molecule has 1 N–H and O–H groups in total.